The molecule has 336 valence electrons. The molecule has 0 aromatic rings. The first-order valence-electron chi connectivity index (χ1n) is 19.5. The summed E-state index contributed by atoms with van der Waals surface area (Å²) >= 11 is 0. The number of hydrogen-bond acceptors (Lipinski definition) is 15. The largest absolute Gasteiger partial charge is 0.464 e. The van der Waals surface area contributed by atoms with Gasteiger partial charge in [-0.1, -0.05) is 16.7 Å². The standard InChI is InChI=1S/C39H60N6O15/c1-25-13-19-58-37(52)31(40-28(4)46)11-8-17-44(56)35(50)23-27(3)15-21-60-39(54)33(42-30(6)48)12-9-18-45(57)36(51)24-26(2)14-20-59-38(53)32(41-29(5)47)10-7-16-43(55)34(49)22-25/h22-24,31-33,55-57H,7-21H2,1-6H3,(H,40,46)(H,41,47)(H,42,48)/b25-22+,26-24+,27-23?. The maximum Gasteiger partial charge on any atom is 0.328 e. The molecule has 0 saturated heterocycles. The topological polar surface area (TPSA) is 288 Å². The number of cyclic esters (lactones) is 3. The SMILES string of the molecule is CC(=O)NC1CCCN(O)C(=O)/C=C(\C)CCOC(=O)C(NC(C)=O)CCCN(O)C(=O)/C=C(\C)CCOC(=O)C(NC(C)=O)CCCN(O)C(=O)C=C(C)CCOC1=O. The van der Waals surface area contributed by atoms with Gasteiger partial charge in [0.2, 0.25) is 17.7 Å². The molecule has 60 heavy (non-hydrogen) atoms. The molecule has 21 nitrogen and oxygen atoms in total. The molecule has 1 aliphatic heterocycles. The predicted octanol–water partition coefficient (Wildman–Crippen LogP) is 1.15. The highest BCUT2D eigenvalue weighted by Crippen LogP contribution is 2.11. The molecule has 3 unspecified atom stereocenters. The highest BCUT2D eigenvalue weighted by molar-refractivity contribution is 5.89. The van der Waals surface area contributed by atoms with E-state index in [9.17, 15) is 58.8 Å². The Kier molecular flexibility index (Phi) is 24.4. The monoisotopic (exact) mass is 852 g/mol. The second kappa shape index (κ2) is 27.9. The fourth-order valence-electron chi connectivity index (χ4n) is 5.46. The zero-order chi connectivity index (χ0) is 45.4. The van der Waals surface area contributed by atoms with Gasteiger partial charge in [-0.15, -0.1) is 0 Å². The Balaban J connectivity index is 3.15. The van der Waals surface area contributed by atoms with Crippen molar-refractivity contribution in [2.24, 2.45) is 0 Å². The first-order valence-corrected chi connectivity index (χ1v) is 19.5. The van der Waals surface area contributed by atoms with Gasteiger partial charge in [-0.05, 0) is 59.3 Å². The number of rotatable bonds is 3. The molecule has 0 spiro atoms. The van der Waals surface area contributed by atoms with Gasteiger partial charge in [0.25, 0.3) is 17.7 Å². The fourth-order valence-corrected chi connectivity index (χ4v) is 5.46. The van der Waals surface area contributed by atoms with Gasteiger partial charge in [0.15, 0.2) is 0 Å². The number of carbonyl (C=O) groups is 9. The molecule has 1 rings (SSSR count). The summed E-state index contributed by atoms with van der Waals surface area (Å²) in [5.41, 5.74) is 1.32. The normalized spacial score (nSPS) is 24.0. The third-order valence-electron chi connectivity index (χ3n) is 8.67. The Morgan fingerprint density at radius 2 is 0.733 bits per heavy atom. The smallest absolute Gasteiger partial charge is 0.328 e. The molecule has 0 bridgehead atoms. The fraction of sp³-hybridized carbons (Fsp3) is 0.615. The molecule has 6 amide bonds. The summed E-state index contributed by atoms with van der Waals surface area (Å²) in [6.07, 6.45) is 3.86. The summed E-state index contributed by atoms with van der Waals surface area (Å²) in [5.74, 6) is -6.32. The number of amides is 6. The number of ether oxygens (including phenoxy) is 3. The summed E-state index contributed by atoms with van der Waals surface area (Å²) in [7, 11) is 0. The Hall–Kier alpha value is -5.67. The average Bonchev–Trinajstić information content (AvgIpc) is 3.15. The third kappa shape index (κ3) is 22.5. The minimum Gasteiger partial charge on any atom is -0.464 e. The lowest BCUT2D eigenvalue weighted by atomic mass is 10.1. The van der Waals surface area contributed by atoms with Crippen molar-refractivity contribution in [1.29, 1.82) is 0 Å². The van der Waals surface area contributed by atoms with Crippen molar-refractivity contribution >= 4 is 53.4 Å². The van der Waals surface area contributed by atoms with Crippen LogP contribution in [-0.2, 0) is 57.4 Å². The number of esters is 3. The lowest BCUT2D eigenvalue weighted by Gasteiger charge is -2.19. The van der Waals surface area contributed by atoms with Crippen LogP contribution in [0.2, 0.25) is 0 Å². The molecule has 0 saturated carbocycles. The van der Waals surface area contributed by atoms with Crippen molar-refractivity contribution in [2.45, 2.75) is 117 Å². The minimum absolute atomic E-state index is 0.00642. The molecule has 3 atom stereocenters. The van der Waals surface area contributed by atoms with Crippen molar-refractivity contribution in [3.05, 3.63) is 34.9 Å². The van der Waals surface area contributed by atoms with E-state index in [4.69, 9.17) is 14.2 Å². The van der Waals surface area contributed by atoms with E-state index in [0.29, 0.717) is 31.9 Å². The second-order valence-electron chi connectivity index (χ2n) is 14.3. The van der Waals surface area contributed by atoms with Crippen molar-refractivity contribution in [3.8, 4) is 0 Å². The van der Waals surface area contributed by atoms with Crippen LogP contribution in [0.3, 0.4) is 0 Å². The summed E-state index contributed by atoms with van der Waals surface area (Å²) in [6.45, 7) is 7.11. The van der Waals surface area contributed by atoms with Crippen LogP contribution in [0.4, 0.5) is 0 Å². The Morgan fingerprint density at radius 3 is 0.950 bits per heavy atom. The van der Waals surface area contributed by atoms with Gasteiger partial charge in [0.05, 0.1) is 19.8 Å². The average molecular weight is 853 g/mol. The molecule has 0 radical (unpaired) electrons. The molecule has 0 aromatic carbocycles. The van der Waals surface area contributed by atoms with E-state index < -0.39 is 71.5 Å². The Labute approximate surface area is 349 Å². The minimum atomic E-state index is -1.11. The molecule has 0 aliphatic carbocycles. The maximum atomic E-state index is 12.8. The lowest BCUT2D eigenvalue weighted by Crippen LogP contribution is -2.41. The maximum absolute atomic E-state index is 12.8. The second-order valence-corrected chi connectivity index (χ2v) is 14.3. The highest BCUT2D eigenvalue weighted by atomic mass is 16.5. The quantitative estimate of drug-likeness (QED) is 0.132. The van der Waals surface area contributed by atoms with Crippen molar-refractivity contribution in [3.63, 3.8) is 0 Å². The van der Waals surface area contributed by atoms with Crippen molar-refractivity contribution in [2.75, 3.05) is 39.5 Å². The van der Waals surface area contributed by atoms with Gasteiger partial charge in [-0.3, -0.25) is 44.4 Å². The molecule has 0 aromatic heterocycles. The van der Waals surface area contributed by atoms with E-state index in [0.717, 1.165) is 18.2 Å². The first-order chi connectivity index (χ1) is 28.2. The van der Waals surface area contributed by atoms with Gasteiger partial charge < -0.3 is 30.2 Å². The predicted molar refractivity (Wildman–Crippen MR) is 209 cm³/mol. The first kappa shape index (κ1) is 52.3. The zero-order valence-corrected chi connectivity index (χ0v) is 35.2. The van der Waals surface area contributed by atoms with E-state index in [-0.39, 0.29) is 97.2 Å². The Bertz CT molecular complexity index is 1440. The molecular weight excluding hydrogens is 792 g/mol. The van der Waals surface area contributed by atoms with Gasteiger partial charge in [0, 0.05) is 77.9 Å². The van der Waals surface area contributed by atoms with Crippen molar-refractivity contribution in [1.82, 2.24) is 31.1 Å². The lowest BCUT2D eigenvalue weighted by molar-refractivity contribution is -0.160. The summed E-state index contributed by atoms with van der Waals surface area (Å²) in [4.78, 5) is 111. The van der Waals surface area contributed by atoms with Crippen molar-refractivity contribution < 1.29 is 73.0 Å². The molecular formula is C39H60N6O15. The summed E-state index contributed by atoms with van der Waals surface area (Å²) in [6, 6.07) is -3.33. The number of nitrogens with zero attached hydrogens (tertiary/aromatic N) is 3. The molecule has 1 heterocycles. The van der Waals surface area contributed by atoms with Crippen LogP contribution in [-0.4, -0.2) is 142 Å². The van der Waals surface area contributed by atoms with Crippen LogP contribution >= 0.6 is 0 Å². The van der Waals surface area contributed by atoms with E-state index in [1.165, 1.54) is 20.8 Å². The van der Waals surface area contributed by atoms with Crippen LogP contribution in [0.1, 0.15) is 99.3 Å². The molecule has 21 heteroatoms. The van der Waals surface area contributed by atoms with Crippen LogP contribution in [0, 0.1) is 0 Å². The highest BCUT2D eigenvalue weighted by Gasteiger charge is 2.25. The number of nitrogens with one attached hydrogen (secondary N) is 3. The zero-order valence-electron chi connectivity index (χ0n) is 35.2. The molecule has 6 N–H and O–H groups in total. The number of hydrogen-bond donors (Lipinski definition) is 6. The molecule has 1 aliphatic rings. The summed E-state index contributed by atoms with van der Waals surface area (Å²) in [5, 5.41) is 39.6. The van der Waals surface area contributed by atoms with Gasteiger partial charge >= 0.3 is 17.9 Å². The van der Waals surface area contributed by atoms with Crippen LogP contribution in [0.25, 0.3) is 0 Å². The Morgan fingerprint density at radius 1 is 0.500 bits per heavy atom. The molecule has 0 fully saturated rings. The van der Waals surface area contributed by atoms with E-state index in [1.54, 1.807) is 20.8 Å². The summed E-state index contributed by atoms with van der Waals surface area (Å²) < 4.78 is 15.9. The van der Waals surface area contributed by atoms with Crippen LogP contribution in [0.5, 0.6) is 0 Å². The van der Waals surface area contributed by atoms with Gasteiger partial charge in [0.1, 0.15) is 18.1 Å². The van der Waals surface area contributed by atoms with E-state index in [2.05, 4.69) is 16.0 Å². The van der Waals surface area contributed by atoms with E-state index >= 15 is 0 Å². The van der Waals surface area contributed by atoms with Gasteiger partial charge in [-0.2, -0.15) is 0 Å². The van der Waals surface area contributed by atoms with Crippen LogP contribution in [0.15, 0.2) is 34.9 Å². The van der Waals surface area contributed by atoms with Gasteiger partial charge in [-0.25, -0.2) is 29.6 Å². The van der Waals surface area contributed by atoms with E-state index in [1.807, 2.05) is 0 Å². The van der Waals surface area contributed by atoms with Crippen LogP contribution < -0.4 is 16.0 Å². The number of carbonyl (C=O) groups excluding carboxylic acids is 9. The number of hydroxylamine groups is 6. The third-order valence-corrected chi connectivity index (χ3v) is 8.67.